The second-order valence-electron chi connectivity index (χ2n) is 5.64. The van der Waals surface area contributed by atoms with E-state index in [2.05, 4.69) is 5.32 Å². The van der Waals surface area contributed by atoms with Gasteiger partial charge in [-0.2, -0.15) is 0 Å². The van der Waals surface area contributed by atoms with E-state index in [9.17, 15) is 4.79 Å². The number of halogens is 2. The summed E-state index contributed by atoms with van der Waals surface area (Å²) >= 11 is 5.96. The predicted octanol–water partition coefficient (Wildman–Crippen LogP) is 3.01. The van der Waals surface area contributed by atoms with E-state index in [4.69, 9.17) is 22.1 Å². The van der Waals surface area contributed by atoms with E-state index >= 15 is 0 Å². The van der Waals surface area contributed by atoms with Crippen LogP contribution in [0.15, 0.2) is 24.3 Å². The first-order chi connectivity index (χ1) is 10.1. The maximum atomic E-state index is 12.3. The molecule has 1 aliphatic rings. The summed E-state index contributed by atoms with van der Waals surface area (Å²) in [7, 11) is 1.58. The Morgan fingerprint density at radius 1 is 1.36 bits per heavy atom. The molecule has 6 heteroatoms. The van der Waals surface area contributed by atoms with Crippen LogP contribution in [0.3, 0.4) is 0 Å². The van der Waals surface area contributed by atoms with E-state index in [1.165, 1.54) is 0 Å². The lowest BCUT2D eigenvalue weighted by Gasteiger charge is -2.31. The molecule has 0 bridgehead atoms. The van der Waals surface area contributed by atoms with Crippen molar-refractivity contribution in [1.29, 1.82) is 0 Å². The average Bonchev–Trinajstić information content (AvgIpc) is 2.95. The summed E-state index contributed by atoms with van der Waals surface area (Å²) in [5, 5.41) is 3.92. The quantitative estimate of drug-likeness (QED) is 0.831. The van der Waals surface area contributed by atoms with Crippen molar-refractivity contribution in [2.45, 2.75) is 43.7 Å². The zero-order valence-electron chi connectivity index (χ0n) is 12.8. The first kappa shape index (κ1) is 19.2. The number of rotatable bonds is 6. The highest BCUT2D eigenvalue weighted by Gasteiger charge is 2.37. The molecule has 0 heterocycles. The fourth-order valence-electron chi connectivity index (χ4n) is 3.02. The number of ether oxygens (including phenoxy) is 1. The fraction of sp³-hybridized carbons (Fsp3) is 0.562. The summed E-state index contributed by atoms with van der Waals surface area (Å²) in [5.74, 6) is -0.0100. The highest BCUT2D eigenvalue weighted by molar-refractivity contribution is 6.30. The summed E-state index contributed by atoms with van der Waals surface area (Å²) in [5.41, 5.74) is 6.44. The van der Waals surface area contributed by atoms with Crippen LogP contribution >= 0.6 is 24.0 Å². The van der Waals surface area contributed by atoms with Gasteiger partial charge in [-0.1, -0.05) is 36.6 Å². The van der Waals surface area contributed by atoms with Gasteiger partial charge in [-0.15, -0.1) is 12.4 Å². The molecule has 0 spiro atoms. The summed E-state index contributed by atoms with van der Waals surface area (Å²) < 4.78 is 5.19. The van der Waals surface area contributed by atoms with Crippen molar-refractivity contribution < 1.29 is 9.53 Å². The van der Waals surface area contributed by atoms with Gasteiger partial charge in [-0.25, -0.2) is 0 Å². The Labute approximate surface area is 143 Å². The Hall–Kier alpha value is -0.810. The Morgan fingerprint density at radius 2 is 1.95 bits per heavy atom. The van der Waals surface area contributed by atoms with Crippen LogP contribution in [-0.4, -0.2) is 25.7 Å². The average molecular weight is 347 g/mol. The van der Waals surface area contributed by atoms with E-state index in [0.29, 0.717) is 18.0 Å². The van der Waals surface area contributed by atoms with E-state index in [0.717, 1.165) is 31.2 Å². The SMILES string of the molecule is COC(CN)CC(=O)NC1(c2ccc(Cl)cc2)CCCC1.Cl. The molecule has 1 fully saturated rings. The molecule has 124 valence electrons. The Kier molecular flexibility index (Phi) is 7.63. The van der Waals surface area contributed by atoms with Gasteiger partial charge in [0.25, 0.3) is 0 Å². The molecule has 2 rings (SSSR count). The highest BCUT2D eigenvalue weighted by atomic mass is 35.5. The molecular formula is C16H24Cl2N2O2. The smallest absolute Gasteiger partial charge is 0.223 e. The standard InChI is InChI=1S/C16H23ClN2O2.ClH/c1-21-14(11-18)10-15(20)19-16(8-2-3-9-16)12-4-6-13(17)7-5-12;/h4-7,14H,2-3,8-11,18H2,1H3,(H,19,20);1H. The van der Waals surface area contributed by atoms with Gasteiger partial charge in [0.2, 0.25) is 5.91 Å². The molecule has 0 radical (unpaired) electrons. The molecule has 0 saturated heterocycles. The van der Waals surface area contributed by atoms with Crippen LogP contribution in [0.1, 0.15) is 37.7 Å². The van der Waals surface area contributed by atoms with Gasteiger partial charge in [0.15, 0.2) is 0 Å². The minimum atomic E-state index is -0.269. The number of carbonyl (C=O) groups is 1. The maximum Gasteiger partial charge on any atom is 0.223 e. The number of carbonyl (C=O) groups excluding carboxylic acids is 1. The van der Waals surface area contributed by atoms with Crippen LogP contribution in [0, 0.1) is 0 Å². The predicted molar refractivity (Wildman–Crippen MR) is 91.5 cm³/mol. The van der Waals surface area contributed by atoms with Crippen molar-refractivity contribution in [3.05, 3.63) is 34.9 Å². The second kappa shape index (κ2) is 8.73. The number of benzene rings is 1. The lowest BCUT2D eigenvalue weighted by Crippen LogP contribution is -2.45. The molecule has 22 heavy (non-hydrogen) atoms. The topological polar surface area (TPSA) is 64.3 Å². The van der Waals surface area contributed by atoms with Crippen molar-refractivity contribution in [3.8, 4) is 0 Å². The van der Waals surface area contributed by atoms with Crippen LogP contribution < -0.4 is 11.1 Å². The van der Waals surface area contributed by atoms with Crippen molar-refractivity contribution >= 4 is 29.9 Å². The van der Waals surface area contributed by atoms with Crippen LogP contribution in [0.4, 0.5) is 0 Å². The van der Waals surface area contributed by atoms with Crippen molar-refractivity contribution in [2.24, 2.45) is 5.73 Å². The normalized spacial score (nSPS) is 17.6. The molecule has 1 aromatic rings. The van der Waals surface area contributed by atoms with Crippen LogP contribution in [0.25, 0.3) is 0 Å². The van der Waals surface area contributed by atoms with Gasteiger partial charge in [0.1, 0.15) is 0 Å². The Bertz CT molecular complexity index is 470. The second-order valence-corrected chi connectivity index (χ2v) is 6.08. The maximum absolute atomic E-state index is 12.3. The fourth-order valence-corrected chi connectivity index (χ4v) is 3.15. The minimum Gasteiger partial charge on any atom is -0.380 e. The van der Waals surface area contributed by atoms with E-state index in [1.807, 2.05) is 24.3 Å². The number of methoxy groups -OCH3 is 1. The molecule has 3 N–H and O–H groups in total. The van der Waals surface area contributed by atoms with Gasteiger partial charge >= 0.3 is 0 Å². The number of hydrogen-bond donors (Lipinski definition) is 2. The number of nitrogens with two attached hydrogens (primary N) is 1. The molecule has 4 nitrogen and oxygen atoms in total. The number of nitrogens with one attached hydrogen (secondary N) is 1. The molecule has 1 atom stereocenters. The van der Waals surface area contributed by atoms with Gasteiger partial charge in [0, 0.05) is 18.7 Å². The first-order valence-corrected chi connectivity index (χ1v) is 7.77. The van der Waals surface area contributed by atoms with Crippen LogP contribution in [-0.2, 0) is 15.1 Å². The zero-order valence-corrected chi connectivity index (χ0v) is 14.4. The first-order valence-electron chi connectivity index (χ1n) is 7.39. The Morgan fingerprint density at radius 3 is 2.45 bits per heavy atom. The minimum absolute atomic E-state index is 0. The van der Waals surface area contributed by atoms with Crippen molar-refractivity contribution in [1.82, 2.24) is 5.32 Å². The lowest BCUT2D eigenvalue weighted by atomic mass is 9.88. The summed E-state index contributed by atoms with van der Waals surface area (Å²) in [6, 6.07) is 7.76. The van der Waals surface area contributed by atoms with Gasteiger partial charge in [-0.05, 0) is 30.5 Å². The number of amides is 1. The van der Waals surface area contributed by atoms with Crippen molar-refractivity contribution in [2.75, 3.05) is 13.7 Å². The third kappa shape index (κ3) is 4.59. The third-order valence-corrected chi connectivity index (χ3v) is 4.49. The zero-order chi connectivity index (χ0) is 15.3. The third-order valence-electron chi connectivity index (χ3n) is 4.24. The lowest BCUT2D eigenvalue weighted by molar-refractivity contribution is -0.125. The molecule has 1 saturated carbocycles. The van der Waals surface area contributed by atoms with Crippen molar-refractivity contribution in [3.63, 3.8) is 0 Å². The van der Waals surface area contributed by atoms with Crippen LogP contribution in [0.5, 0.6) is 0 Å². The molecule has 1 aromatic carbocycles. The summed E-state index contributed by atoms with van der Waals surface area (Å²) in [4.78, 5) is 12.3. The molecule has 1 amide bonds. The molecular weight excluding hydrogens is 323 g/mol. The molecule has 0 aromatic heterocycles. The number of hydrogen-bond acceptors (Lipinski definition) is 3. The monoisotopic (exact) mass is 346 g/mol. The van der Waals surface area contributed by atoms with Gasteiger partial charge < -0.3 is 15.8 Å². The summed E-state index contributed by atoms with van der Waals surface area (Å²) in [6.45, 7) is 0.345. The highest BCUT2D eigenvalue weighted by Crippen LogP contribution is 2.39. The van der Waals surface area contributed by atoms with Gasteiger partial charge in [-0.3, -0.25) is 4.79 Å². The van der Waals surface area contributed by atoms with E-state index in [-0.39, 0.29) is 30.0 Å². The largest absolute Gasteiger partial charge is 0.380 e. The van der Waals surface area contributed by atoms with Gasteiger partial charge in [0.05, 0.1) is 18.1 Å². The van der Waals surface area contributed by atoms with E-state index in [1.54, 1.807) is 7.11 Å². The van der Waals surface area contributed by atoms with E-state index < -0.39 is 0 Å². The molecule has 0 aliphatic heterocycles. The van der Waals surface area contributed by atoms with Crippen LogP contribution in [0.2, 0.25) is 5.02 Å². The summed E-state index contributed by atoms with van der Waals surface area (Å²) in [6.07, 6.45) is 4.22. The molecule has 1 unspecified atom stereocenters. The molecule has 1 aliphatic carbocycles. The Balaban J connectivity index is 0.00000242.